The van der Waals surface area contributed by atoms with Gasteiger partial charge in [0.05, 0.1) is 0 Å². The average molecular weight is 267 g/mol. The quantitative estimate of drug-likeness (QED) is 0.685. The minimum atomic E-state index is -0.0153. The smallest absolute Gasteiger partial charge is 0.125 e. The van der Waals surface area contributed by atoms with Crippen molar-refractivity contribution in [3.05, 3.63) is 48.0 Å². The third kappa shape index (κ3) is 2.03. The molecule has 0 unspecified atom stereocenters. The average Bonchev–Trinajstić information content (AvgIpc) is 2.77. The van der Waals surface area contributed by atoms with Crippen molar-refractivity contribution in [3.8, 4) is 11.1 Å². The van der Waals surface area contributed by atoms with E-state index in [9.17, 15) is 5.21 Å². The van der Waals surface area contributed by atoms with Crippen molar-refractivity contribution in [2.24, 2.45) is 0 Å². The topological polar surface area (TPSA) is 50.9 Å². The van der Waals surface area contributed by atoms with E-state index >= 15 is 0 Å². The summed E-state index contributed by atoms with van der Waals surface area (Å²) >= 11 is 0. The van der Waals surface area contributed by atoms with Crippen LogP contribution in [0, 0.1) is 0 Å². The second-order valence-electron chi connectivity index (χ2n) is 5.94. The summed E-state index contributed by atoms with van der Waals surface area (Å²) in [5.41, 5.74) is 4.72. The molecule has 1 heterocycles. The van der Waals surface area contributed by atoms with Crippen molar-refractivity contribution in [1.29, 1.82) is 0 Å². The molecule has 20 heavy (non-hydrogen) atoms. The van der Waals surface area contributed by atoms with E-state index in [1.54, 1.807) is 0 Å². The second-order valence-corrected chi connectivity index (χ2v) is 5.94. The van der Waals surface area contributed by atoms with Crippen LogP contribution in [0.5, 0.6) is 0 Å². The lowest BCUT2D eigenvalue weighted by molar-refractivity contribution is 0.113. The molecule has 0 aliphatic heterocycles. The van der Waals surface area contributed by atoms with Crippen molar-refractivity contribution >= 4 is 11.0 Å². The summed E-state index contributed by atoms with van der Waals surface area (Å²) in [6, 6.07) is 14.1. The predicted octanol–water partition coefficient (Wildman–Crippen LogP) is 3.63. The molecule has 0 fully saturated rings. The van der Waals surface area contributed by atoms with Crippen LogP contribution < -0.4 is 0 Å². The Morgan fingerprint density at radius 3 is 2.30 bits per heavy atom. The van der Waals surface area contributed by atoms with Gasteiger partial charge in [-0.2, -0.15) is 0 Å². The SMILES string of the molecule is CC(C)(C)c1ccc2nn(O)nc2c1-c1ccccc1. The first-order valence-corrected chi connectivity index (χ1v) is 6.62. The zero-order valence-corrected chi connectivity index (χ0v) is 11.8. The van der Waals surface area contributed by atoms with E-state index in [4.69, 9.17) is 0 Å². The van der Waals surface area contributed by atoms with Gasteiger partial charge in [-0.05, 0) is 27.6 Å². The highest BCUT2D eigenvalue weighted by molar-refractivity contribution is 5.93. The molecule has 0 aliphatic rings. The van der Waals surface area contributed by atoms with Crippen LogP contribution in [0.3, 0.4) is 0 Å². The van der Waals surface area contributed by atoms with E-state index in [0.29, 0.717) is 10.5 Å². The minimum Gasteiger partial charge on any atom is -0.396 e. The monoisotopic (exact) mass is 267 g/mol. The van der Waals surface area contributed by atoms with Crippen LogP contribution in [0.25, 0.3) is 22.2 Å². The number of nitrogens with zero attached hydrogens (tertiary/aromatic N) is 3. The molecule has 0 bridgehead atoms. The minimum absolute atomic E-state index is 0.0153. The summed E-state index contributed by atoms with van der Waals surface area (Å²) in [5.74, 6) is 0. The molecule has 4 heteroatoms. The highest BCUT2D eigenvalue weighted by atomic mass is 16.5. The van der Waals surface area contributed by atoms with Gasteiger partial charge in [-0.3, -0.25) is 0 Å². The van der Waals surface area contributed by atoms with Gasteiger partial charge < -0.3 is 5.21 Å². The molecule has 0 spiro atoms. The molecule has 0 aliphatic carbocycles. The number of hydrogen-bond acceptors (Lipinski definition) is 3. The van der Waals surface area contributed by atoms with E-state index in [1.165, 1.54) is 5.56 Å². The van der Waals surface area contributed by atoms with Crippen LogP contribution in [-0.4, -0.2) is 20.4 Å². The van der Waals surface area contributed by atoms with Gasteiger partial charge in [0, 0.05) is 5.56 Å². The Labute approximate surface area is 117 Å². The third-order valence-corrected chi connectivity index (χ3v) is 3.41. The predicted molar refractivity (Wildman–Crippen MR) is 78.8 cm³/mol. The summed E-state index contributed by atoms with van der Waals surface area (Å²) in [6.07, 6.45) is 0. The highest BCUT2D eigenvalue weighted by Gasteiger charge is 2.22. The largest absolute Gasteiger partial charge is 0.396 e. The fourth-order valence-electron chi connectivity index (χ4n) is 2.49. The molecule has 0 amide bonds. The van der Waals surface area contributed by atoms with Gasteiger partial charge in [-0.1, -0.05) is 57.2 Å². The molecule has 4 nitrogen and oxygen atoms in total. The van der Waals surface area contributed by atoms with Crippen LogP contribution in [0.15, 0.2) is 42.5 Å². The number of fused-ring (bicyclic) bond motifs is 1. The molecule has 0 radical (unpaired) electrons. The molecule has 1 aromatic heterocycles. The van der Waals surface area contributed by atoms with Crippen LogP contribution in [0.4, 0.5) is 0 Å². The summed E-state index contributed by atoms with van der Waals surface area (Å²) in [6.45, 7) is 6.51. The Kier molecular flexibility index (Phi) is 2.74. The molecule has 3 rings (SSSR count). The van der Waals surface area contributed by atoms with E-state index in [2.05, 4.69) is 49.2 Å². The maximum Gasteiger partial charge on any atom is 0.125 e. The molecule has 0 saturated heterocycles. The van der Waals surface area contributed by atoms with Gasteiger partial charge in [0.2, 0.25) is 0 Å². The van der Waals surface area contributed by atoms with Crippen molar-refractivity contribution in [2.45, 2.75) is 26.2 Å². The summed E-state index contributed by atoms with van der Waals surface area (Å²) < 4.78 is 0. The lowest BCUT2D eigenvalue weighted by Gasteiger charge is -2.23. The Bertz CT molecular complexity index is 754. The normalized spacial score (nSPS) is 11.9. The zero-order chi connectivity index (χ0) is 14.3. The van der Waals surface area contributed by atoms with Crippen molar-refractivity contribution < 1.29 is 5.21 Å². The number of rotatable bonds is 1. The maximum atomic E-state index is 9.52. The van der Waals surface area contributed by atoms with Crippen LogP contribution >= 0.6 is 0 Å². The third-order valence-electron chi connectivity index (χ3n) is 3.41. The standard InChI is InChI=1S/C16H17N3O/c1-16(2,3)12-9-10-13-15(18-19(20)17-13)14(12)11-7-5-4-6-8-11/h4-10,20H,1-3H3. The van der Waals surface area contributed by atoms with Crippen molar-refractivity contribution in [3.63, 3.8) is 0 Å². The van der Waals surface area contributed by atoms with Crippen LogP contribution in [-0.2, 0) is 5.41 Å². The Hall–Kier alpha value is -2.36. The number of benzene rings is 2. The zero-order valence-electron chi connectivity index (χ0n) is 11.8. The van der Waals surface area contributed by atoms with E-state index in [1.807, 2.05) is 24.3 Å². The molecule has 3 aromatic rings. The molecule has 0 saturated carbocycles. The molecular weight excluding hydrogens is 250 g/mol. The van der Waals surface area contributed by atoms with Crippen molar-refractivity contribution in [2.75, 3.05) is 0 Å². The first-order valence-electron chi connectivity index (χ1n) is 6.62. The van der Waals surface area contributed by atoms with Gasteiger partial charge >= 0.3 is 0 Å². The summed E-state index contributed by atoms with van der Waals surface area (Å²) in [7, 11) is 0. The Morgan fingerprint density at radius 2 is 1.65 bits per heavy atom. The molecule has 0 atom stereocenters. The van der Waals surface area contributed by atoms with E-state index in [0.717, 1.165) is 16.6 Å². The van der Waals surface area contributed by atoms with Crippen molar-refractivity contribution in [1.82, 2.24) is 15.2 Å². The van der Waals surface area contributed by atoms with E-state index in [-0.39, 0.29) is 5.41 Å². The molecular formula is C16H17N3O. The molecule has 102 valence electrons. The highest BCUT2D eigenvalue weighted by Crippen LogP contribution is 2.36. The van der Waals surface area contributed by atoms with Gasteiger partial charge in [-0.25, -0.2) is 0 Å². The van der Waals surface area contributed by atoms with Gasteiger partial charge in [-0.15, -0.1) is 10.2 Å². The van der Waals surface area contributed by atoms with Gasteiger partial charge in [0.15, 0.2) is 0 Å². The Balaban J connectivity index is 2.41. The fraction of sp³-hybridized carbons (Fsp3) is 0.250. The molecule has 1 N–H and O–H groups in total. The lowest BCUT2D eigenvalue weighted by Crippen LogP contribution is -2.13. The second kappa shape index (κ2) is 4.34. The summed E-state index contributed by atoms with van der Waals surface area (Å²) in [5, 5.41) is 17.6. The number of aromatic nitrogens is 3. The van der Waals surface area contributed by atoms with Gasteiger partial charge in [0.1, 0.15) is 11.0 Å². The number of hydrogen-bond donors (Lipinski definition) is 1. The lowest BCUT2D eigenvalue weighted by atomic mass is 9.81. The Morgan fingerprint density at radius 1 is 0.950 bits per heavy atom. The first-order chi connectivity index (χ1) is 9.47. The maximum absolute atomic E-state index is 9.52. The van der Waals surface area contributed by atoms with Gasteiger partial charge in [0.25, 0.3) is 0 Å². The van der Waals surface area contributed by atoms with E-state index < -0.39 is 0 Å². The fourth-order valence-corrected chi connectivity index (χ4v) is 2.49. The summed E-state index contributed by atoms with van der Waals surface area (Å²) in [4.78, 5) is 0.642. The molecule has 2 aromatic carbocycles. The first kappa shape index (κ1) is 12.7. The van der Waals surface area contributed by atoms with Crippen LogP contribution in [0.1, 0.15) is 26.3 Å². The van der Waals surface area contributed by atoms with Crippen LogP contribution in [0.2, 0.25) is 0 Å².